The van der Waals surface area contributed by atoms with Crippen LogP contribution < -0.4 is 0 Å². The third-order valence-corrected chi connectivity index (χ3v) is 9.69. The molecule has 8 aromatic rings. The van der Waals surface area contributed by atoms with Crippen molar-refractivity contribution >= 4 is 21.5 Å². The van der Waals surface area contributed by atoms with Crippen molar-refractivity contribution in [3.8, 4) is 56.4 Å². The fraction of sp³-hybridized carbons (Fsp3) is 0.0682. The highest BCUT2D eigenvalue weighted by Crippen LogP contribution is 2.50. The van der Waals surface area contributed by atoms with Crippen LogP contribution in [0.2, 0.25) is 0 Å². The van der Waals surface area contributed by atoms with Gasteiger partial charge < -0.3 is 0 Å². The topological polar surface area (TPSA) is 38.7 Å². The van der Waals surface area contributed by atoms with Crippen molar-refractivity contribution in [3.63, 3.8) is 0 Å². The summed E-state index contributed by atoms with van der Waals surface area (Å²) in [6.45, 7) is 4.68. The molecule has 3 nitrogen and oxygen atoms in total. The molecule has 0 saturated heterocycles. The van der Waals surface area contributed by atoms with Crippen LogP contribution in [-0.2, 0) is 5.41 Å². The van der Waals surface area contributed by atoms with Crippen molar-refractivity contribution in [2.75, 3.05) is 0 Å². The lowest BCUT2D eigenvalue weighted by Gasteiger charge is -2.22. The zero-order chi connectivity index (χ0) is 31.5. The van der Waals surface area contributed by atoms with E-state index in [1.54, 1.807) is 0 Å². The Bertz CT molecular complexity index is 2480. The lowest BCUT2D eigenvalue weighted by Crippen LogP contribution is -2.14. The van der Waals surface area contributed by atoms with Gasteiger partial charge in [0.2, 0.25) is 0 Å². The highest BCUT2D eigenvalue weighted by atomic mass is 15.0. The molecule has 7 aromatic carbocycles. The third-order valence-electron chi connectivity index (χ3n) is 9.69. The predicted molar refractivity (Wildman–Crippen MR) is 194 cm³/mol. The second-order valence-electron chi connectivity index (χ2n) is 12.9. The molecule has 0 bridgehead atoms. The fourth-order valence-electron chi connectivity index (χ4n) is 7.21. The van der Waals surface area contributed by atoms with Crippen LogP contribution in [0.25, 0.3) is 78.0 Å². The fourth-order valence-corrected chi connectivity index (χ4v) is 7.21. The Morgan fingerprint density at radius 2 is 0.915 bits per heavy atom. The zero-order valence-electron chi connectivity index (χ0n) is 26.3. The van der Waals surface area contributed by atoms with Crippen LogP contribution in [0, 0.1) is 0 Å². The van der Waals surface area contributed by atoms with Gasteiger partial charge in [-0.15, -0.1) is 0 Å². The summed E-state index contributed by atoms with van der Waals surface area (Å²) in [5, 5.41) is 4.88. The molecule has 1 aromatic heterocycles. The maximum atomic E-state index is 5.11. The molecule has 0 fully saturated rings. The van der Waals surface area contributed by atoms with Crippen molar-refractivity contribution in [2.45, 2.75) is 19.3 Å². The molecule has 9 rings (SSSR count). The summed E-state index contributed by atoms with van der Waals surface area (Å²) in [6, 6.07) is 53.7. The molecule has 0 radical (unpaired) electrons. The minimum Gasteiger partial charge on any atom is -0.208 e. The van der Waals surface area contributed by atoms with Crippen LogP contribution in [0.1, 0.15) is 25.0 Å². The molecule has 0 aliphatic heterocycles. The largest absolute Gasteiger partial charge is 0.208 e. The average molecular weight is 602 g/mol. The molecule has 1 aliphatic rings. The number of rotatable bonds is 4. The Morgan fingerprint density at radius 3 is 1.68 bits per heavy atom. The second kappa shape index (κ2) is 10.6. The monoisotopic (exact) mass is 601 g/mol. The first-order chi connectivity index (χ1) is 23.0. The normalized spacial score (nSPS) is 13.1. The van der Waals surface area contributed by atoms with Gasteiger partial charge >= 0.3 is 0 Å². The Labute approximate surface area is 274 Å². The molecular weight excluding hydrogens is 571 g/mol. The lowest BCUT2D eigenvalue weighted by atomic mass is 9.81. The quantitative estimate of drug-likeness (QED) is 0.188. The van der Waals surface area contributed by atoms with Gasteiger partial charge in [-0.1, -0.05) is 141 Å². The van der Waals surface area contributed by atoms with Crippen LogP contribution in [0.4, 0.5) is 0 Å². The molecule has 222 valence electrons. The minimum absolute atomic E-state index is 0.0676. The summed E-state index contributed by atoms with van der Waals surface area (Å²) in [5.41, 5.74) is 10.5. The van der Waals surface area contributed by atoms with Crippen LogP contribution in [0.3, 0.4) is 0 Å². The summed E-state index contributed by atoms with van der Waals surface area (Å²) in [4.78, 5) is 15.2. The van der Waals surface area contributed by atoms with Crippen LogP contribution in [-0.4, -0.2) is 15.0 Å². The molecule has 0 N–H and O–H groups in total. The average Bonchev–Trinajstić information content (AvgIpc) is 3.36. The molecule has 0 saturated carbocycles. The minimum atomic E-state index is -0.0676. The molecular formula is C44H31N3. The maximum Gasteiger partial charge on any atom is 0.164 e. The van der Waals surface area contributed by atoms with Crippen LogP contribution >= 0.6 is 0 Å². The van der Waals surface area contributed by atoms with E-state index in [1.807, 2.05) is 24.3 Å². The molecule has 1 heterocycles. The summed E-state index contributed by atoms with van der Waals surface area (Å²) in [5.74, 6) is 1.97. The highest BCUT2D eigenvalue weighted by Gasteiger charge is 2.35. The van der Waals surface area contributed by atoms with Gasteiger partial charge in [0.1, 0.15) is 0 Å². The van der Waals surface area contributed by atoms with Gasteiger partial charge in [0, 0.05) is 22.1 Å². The van der Waals surface area contributed by atoms with Crippen LogP contribution in [0.15, 0.2) is 152 Å². The molecule has 0 spiro atoms. The maximum absolute atomic E-state index is 5.11. The Balaban J connectivity index is 1.23. The SMILES string of the molecule is CC1(C)c2ccccc2-c2cc3ccc4ccc(-c5nc(-c6ccccc6)nc(-c6cccc(-c7ccccc7)c6)n5)cc4c3cc21. The predicted octanol–water partition coefficient (Wildman–Crippen LogP) is 11.2. The van der Waals surface area contributed by atoms with Crippen molar-refractivity contribution in [2.24, 2.45) is 0 Å². The van der Waals surface area contributed by atoms with E-state index in [2.05, 4.69) is 141 Å². The number of hydrogen-bond acceptors (Lipinski definition) is 3. The number of nitrogens with zero attached hydrogens (tertiary/aromatic N) is 3. The molecule has 0 amide bonds. The van der Waals surface area contributed by atoms with Crippen molar-refractivity contribution < 1.29 is 0 Å². The van der Waals surface area contributed by atoms with Gasteiger partial charge in [-0.25, -0.2) is 15.0 Å². The third kappa shape index (κ3) is 4.54. The molecule has 0 unspecified atom stereocenters. The molecule has 3 heteroatoms. The Morgan fingerprint density at radius 1 is 0.362 bits per heavy atom. The van der Waals surface area contributed by atoms with E-state index >= 15 is 0 Å². The van der Waals surface area contributed by atoms with E-state index < -0.39 is 0 Å². The van der Waals surface area contributed by atoms with Crippen molar-refractivity contribution in [1.29, 1.82) is 0 Å². The van der Waals surface area contributed by atoms with E-state index in [1.165, 1.54) is 43.8 Å². The van der Waals surface area contributed by atoms with Gasteiger partial charge in [0.05, 0.1) is 0 Å². The van der Waals surface area contributed by atoms with Gasteiger partial charge in [0.15, 0.2) is 17.5 Å². The van der Waals surface area contributed by atoms with Gasteiger partial charge in [-0.2, -0.15) is 0 Å². The van der Waals surface area contributed by atoms with Crippen molar-refractivity contribution in [1.82, 2.24) is 15.0 Å². The molecule has 1 aliphatic carbocycles. The van der Waals surface area contributed by atoms with E-state index in [4.69, 9.17) is 15.0 Å². The summed E-state index contributed by atoms with van der Waals surface area (Å²) < 4.78 is 0. The van der Waals surface area contributed by atoms with Gasteiger partial charge in [-0.3, -0.25) is 0 Å². The number of hydrogen-bond donors (Lipinski definition) is 0. The van der Waals surface area contributed by atoms with Gasteiger partial charge in [-0.05, 0) is 79.2 Å². The summed E-state index contributed by atoms with van der Waals surface area (Å²) >= 11 is 0. The van der Waals surface area contributed by atoms with Crippen molar-refractivity contribution in [3.05, 3.63) is 163 Å². The number of benzene rings is 7. The number of fused-ring (bicyclic) bond motifs is 6. The zero-order valence-corrected chi connectivity index (χ0v) is 26.3. The van der Waals surface area contributed by atoms with E-state index in [9.17, 15) is 0 Å². The van der Waals surface area contributed by atoms with Gasteiger partial charge in [0.25, 0.3) is 0 Å². The summed E-state index contributed by atoms with van der Waals surface area (Å²) in [7, 11) is 0. The van der Waals surface area contributed by atoms with E-state index in [0.717, 1.165) is 27.8 Å². The lowest BCUT2D eigenvalue weighted by molar-refractivity contribution is 0.661. The highest BCUT2D eigenvalue weighted by molar-refractivity contribution is 6.10. The first-order valence-electron chi connectivity index (χ1n) is 16.1. The molecule has 0 atom stereocenters. The molecule has 47 heavy (non-hydrogen) atoms. The summed E-state index contributed by atoms with van der Waals surface area (Å²) in [6.07, 6.45) is 0. The Kier molecular flexibility index (Phi) is 6.16. The second-order valence-corrected chi connectivity index (χ2v) is 12.9. The smallest absolute Gasteiger partial charge is 0.164 e. The Hall–Kier alpha value is -5.93. The van der Waals surface area contributed by atoms with Crippen LogP contribution in [0.5, 0.6) is 0 Å². The first-order valence-corrected chi connectivity index (χ1v) is 16.1. The number of aromatic nitrogens is 3. The standard InChI is InChI=1S/C44H31N3/c1-44(2)39-19-10-9-18-35(39)38-25-32-22-20-29-21-23-34(26-36(29)37(32)27-40(38)44)43-46-41(30-14-7-4-8-15-30)45-42(47-43)33-17-11-16-31(24-33)28-12-5-3-6-13-28/h3-27H,1-2H3. The van der Waals surface area contributed by atoms with E-state index in [0.29, 0.717) is 17.5 Å². The van der Waals surface area contributed by atoms with E-state index in [-0.39, 0.29) is 5.41 Å². The first kappa shape index (κ1) is 27.4.